The molecule has 0 radical (unpaired) electrons. The Kier molecular flexibility index (Phi) is 9.12. The lowest BCUT2D eigenvalue weighted by molar-refractivity contribution is -0.140. The molecule has 7 nitrogen and oxygen atoms in total. The Labute approximate surface area is 198 Å². The molecule has 0 heterocycles. The Balaban J connectivity index is 3.46. The summed E-state index contributed by atoms with van der Waals surface area (Å²) in [6, 6.07) is 5.97. The maximum atomic E-state index is 13.6. The Morgan fingerprint density at radius 3 is 2.06 bits per heavy atom. The first-order valence-electron chi connectivity index (χ1n) is 11.1. The first-order valence-corrected chi connectivity index (χ1v) is 11.1. The largest absolute Gasteiger partial charge is 0.444 e. The van der Waals surface area contributed by atoms with Gasteiger partial charge < -0.3 is 15.4 Å². The molecule has 7 heteroatoms. The second kappa shape index (κ2) is 10.7. The van der Waals surface area contributed by atoms with Gasteiger partial charge in [0.15, 0.2) is 0 Å². The molecular formula is C26H39N3O4. The van der Waals surface area contributed by atoms with Gasteiger partial charge in [-0.1, -0.05) is 44.0 Å². The van der Waals surface area contributed by atoms with Crippen LogP contribution in [0.1, 0.15) is 78.1 Å². The van der Waals surface area contributed by atoms with E-state index in [-0.39, 0.29) is 5.92 Å². The molecule has 0 aliphatic rings. The van der Waals surface area contributed by atoms with Crippen molar-refractivity contribution >= 4 is 17.9 Å². The standard InChI is InChI=1S/C26H39N3O4/c1-12-29(23(31)20(16(2)3)27-24(32)33-26(9,10)11)21(22(30)28-25(6,7)8)19-14-13-17(4)15-18(19)5/h1,13-16,20-21H,2-11H3,(H,27,32)(H,28,30). The summed E-state index contributed by atoms with van der Waals surface area (Å²) in [6.45, 7) is 18.2. The van der Waals surface area contributed by atoms with E-state index in [2.05, 4.69) is 16.7 Å². The predicted octanol–water partition coefficient (Wildman–Crippen LogP) is 4.23. The van der Waals surface area contributed by atoms with E-state index in [4.69, 9.17) is 11.2 Å². The number of hydrogen-bond donors (Lipinski definition) is 2. The first-order chi connectivity index (χ1) is 15.0. The van der Waals surface area contributed by atoms with E-state index in [1.54, 1.807) is 40.7 Å². The van der Waals surface area contributed by atoms with Crippen LogP contribution in [-0.4, -0.2) is 40.0 Å². The molecule has 3 amide bonds. The minimum atomic E-state index is -1.07. The van der Waals surface area contributed by atoms with Gasteiger partial charge in [-0.25, -0.2) is 4.79 Å². The second-order valence-electron chi connectivity index (χ2n) is 10.7. The fourth-order valence-electron chi connectivity index (χ4n) is 3.33. The van der Waals surface area contributed by atoms with Crippen molar-refractivity contribution in [3.63, 3.8) is 0 Å². The highest BCUT2D eigenvalue weighted by Crippen LogP contribution is 2.27. The van der Waals surface area contributed by atoms with E-state index < -0.39 is 41.1 Å². The number of nitrogens with zero attached hydrogens (tertiary/aromatic N) is 1. The average Bonchev–Trinajstić information content (AvgIpc) is 2.61. The molecule has 0 aliphatic heterocycles. The Bertz CT molecular complexity index is 917. The smallest absolute Gasteiger partial charge is 0.408 e. The zero-order chi connectivity index (χ0) is 25.7. The van der Waals surface area contributed by atoms with Gasteiger partial charge in [-0.15, -0.1) is 0 Å². The Morgan fingerprint density at radius 1 is 1.06 bits per heavy atom. The number of rotatable bonds is 6. The summed E-state index contributed by atoms with van der Waals surface area (Å²) in [5.74, 6) is -1.26. The van der Waals surface area contributed by atoms with Gasteiger partial charge in [-0.3, -0.25) is 14.5 Å². The van der Waals surface area contributed by atoms with Crippen LogP contribution in [0.25, 0.3) is 0 Å². The second-order valence-corrected chi connectivity index (χ2v) is 10.7. The van der Waals surface area contributed by atoms with Gasteiger partial charge in [0.25, 0.3) is 5.91 Å². The van der Waals surface area contributed by atoms with E-state index in [0.29, 0.717) is 5.56 Å². The number of ether oxygens (including phenoxy) is 1. The predicted molar refractivity (Wildman–Crippen MR) is 130 cm³/mol. The molecule has 0 aliphatic carbocycles. The average molecular weight is 458 g/mol. The molecule has 2 N–H and O–H groups in total. The fraction of sp³-hybridized carbons (Fsp3) is 0.577. The molecule has 1 rings (SSSR count). The molecule has 0 saturated heterocycles. The van der Waals surface area contributed by atoms with Crippen LogP contribution in [0.2, 0.25) is 0 Å². The molecule has 0 aromatic heterocycles. The van der Waals surface area contributed by atoms with E-state index in [1.807, 2.05) is 46.8 Å². The van der Waals surface area contributed by atoms with Crippen LogP contribution >= 0.6 is 0 Å². The number of carbonyl (C=O) groups excluding carboxylic acids is 3. The van der Waals surface area contributed by atoms with Crippen molar-refractivity contribution in [3.05, 3.63) is 34.9 Å². The summed E-state index contributed by atoms with van der Waals surface area (Å²) in [7, 11) is 0. The summed E-state index contributed by atoms with van der Waals surface area (Å²) < 4.78 is 5.32. The molecule has 0 bridgehead atoms. The third kappa shape index (κ3) is 8.45. The molecule has 2 atom stereocenters. The van der Waals surface area contributed by atoms with Gasteiger partial charge in [0.2, 0.25) is 5.91 Å². The fourth-order valence-corrected chi connectivity index (χ4v) is 3.33. The highest BCUT2D eigenvalue weighted by atomic mass is 16.6. The maximum Gasteiger partial charge on any atom is 0.408 e. The Hall–Kier alpha value is -3.01. The normalized spacial score (nSPS) is 13.5. The molecule has 2 unspecified atom stereocenters. The number of terminal acetylenes is 1. The van der Waals surface area contributed by atoms with Crippen LogP contribution < -0.4 is 10.6 Å². The quantitative estimate of drug-likeness (QED) is 0.494. The number of hydrogen-bond acceptors (Lipinski definition) is 4. The monoisotopic (exact) mass is 457 g/mol. The minimum Gasteiger partial charge on any atom is -0.444 e. The molecule has 182 valence electrons. The number of aryl methyl sites for hydroxylation is 2. The van der Waals surface area contributed by atoms with E-state index >= 15 is 0 Å². The van der Waals surface area contributed by atoms with Crippen molar-refractivity contribution in [1.82, 2.24) is 15.5 Å². The van der Waals surface area contributed by atoms with Crippen molar-refractivity contribution in [3.8, 4) is 12.5 Å². The molecule has 0 spiro atoms. The summed E-state index contributed by atoms with van der Waals surface area (Å²) in [5.41, 5.74) is 1.21. The zero-order valence-electron chi connectivity index (χ0n) is 21.6. The highest BCUT2D eigenvalue weighted by molar-refractivity contribution is 5.93. The molecule has 1 aromatic rings. The van der Waals surface area contributed by atoms with Crippen molar-refractivity contribution < 1.29 is 19.1 Å². The Morgan fingerprint density at radius 2 is 1.64 bits per heavy atom. The molecule has 0 fully saturated rings. The van der Waals surface area contributed by atoms with Gasteiger partial charge in [0.05, 0.1) is 0 Å². The minimum absolute atomic E-state index is 0.300. The summed E-state index contributed by atoms with van der Waals surface area (Å²) in [4.78, 5) is 40.5. The van der Waals surface area contributed by atoms with Gasteiger partial charge in [-0.2, -0.15) is 0 Å². The summed E-state index contributed by atoms with van der Waals surface area (Å²) in [5, 5.41) is 5.55. The lowest BCUT2D eigenvalue weighted by Gasteiger charge is -2.34. The van der Waals surface area contributed by atoms with E-state index in [1.165, 1.54) is 0 Å². The number of benzene rings is 1. The van der Waals surface area contributed by atoms with Crippen LogP contribution in [0.3, 0.4) is 0 Å². The van der Waals surface area contributed by atoms with Crippen molar-refractivity contribution in [2.24, 2.45) is 5.92 Å². The van der Waals surface area contributed by atoms with Gasteiger partial charge in [0, 0.05) is 11.6 Å². The first kappa shape index (κ1) is 28.0. The molecule has 1 aromatic carbocycles. The number of carbonyl (C=O) groups is 3. The van der Waals surface area contributed by atoms with Gasteiger partial charge in [-0.05, 0) is 72.4 Å². The van der Waals surface area contributed by atoms with Crippen molar-refractivity contribution in [2.75, 3.05) is 0 Å². The number of nitrogens with one attached hydrogen (secondary N) is 2. The lowest BCUT2D eigenvalue weighted by Crippen LogP contribution is -2.54. The molecule has 33 heavy (non-hydrogen) atoms. The molecule has 0 saturated carbocycles. The highest BCUT2D eigenvalue weighted by Gasteiger charge is 2.38. The van der Waals surface area contributed by atoms with Crippen LogP contribution in [-0.2, 0) is 14.3 Å². The van der Waals surface area contributed by atoms with Crippen LogP contribution in [0.15, 0.2) is 18.2 Å². The zero-order valence-corrected chi connectivity index (χ0v) is 21.6. The lowest BCUT2D eigenvalue weighted by atomic mass is 9.95. The third-order valence-corrected chi connectivity index (χ3v) is 4.71. The van der Waals surface area contributed by atoms with Gasteiger partial charge >= 0.3 is 6.09 Å². The SMILES string of the molecule is C#CN(C(=O)C(NC(=O)OC(C)(C)C)C(C)C)C(C(=O)NC(C)(C)C)c1ccc(C)cc1C. The van der Waals surface area contributed by atoms with E-state index in [0.717, 1.165) is 16.0 Å². The maximum absolute atomic E-state index is 13.6. The van der Waals surface area contributed by atoms with Crippen LogP contribution in [0.4, 0.5) is 4.79 Å². The number of alkyl carbamates (subject to hydrolysis) is 1. The van der Waals surface area contributed by atoms with Crippen LogP contribution in [0.5, 0.6) is 0 Å². The summed E-state index contributed by atoms with van der Waals surface area (Å²) in [6.07, 6.45) is 5.07. The topological polar surface area (TPSA) is 87.7 Å². The number of amides is 3. The molecular weight excluding hydrogens is 418 g/mol. The van der Waals surface area contributed by atoms with Crippen LogP contribution in [0, 0.1) is 32.2 Å². The van der Waals surface area contributed by atoms with Crippen molar-refractivity contribution in [1.29, 1.82) is 0 Å². The van der Waals surface area contributed by atoms with E-state index in [9.17, 15) is 14.4 Å². The third-order valence-electron chi connectivity index (χ3n) is 4.71. The summed E-state index contributed by atoms with van der Waals surface area (Å²) >= 11 is 0. The van der Waals surface area contributed by atoms with Crippen molar-refractivity contribution in [2.45, 2.75) is 92.5 Å². The van der Waals surface area contributed by atoms with Gasteiger partial charge in [0.1, 0.15) is 17.7 Å².